The molecule has 5 heteroatoms. The Morgan fingerprint density at radius 1 is 0.846 bits per heavy atom. The fraction of sp³-hybridized carbons (Fsp3) is 0.381. The summed E-state index contributed by atoms with van der Waals surface area (Å²) < 4.78 is 27.1. The normalized spacial score (nSPS) is 11.3. The third kappa shape index (κ3) is 5.70. The highest BCUT2D eigenvalue weighted by atomic mass is 32.2. The van der Waals surface area contributed by atoms with Crippen molar-refractivity contribution < 1.29 is 13.2 Å². The number of carbonyl (C=O) groups is 1. The molecule has 0 atom stereocenters. The van der Waals surface area contributed by atoms with Gasteiger partial charge < -0.3 is 0 Å². The van der Waals surface area contributed by atoms with E-state index in [1.807, 2.05) is 30.3 Å². The SMILES string of the molecule is CCCCCCCC(=O)N(Cc1ccccc1)S(=O)(=O)c1ccccc1. The van der Waals surface area contributed by atoms with Crippen molar-refractivity contribution in [3.05, 3.63) is 66.2 Å². The van der Waals surface area contributed by atoms with E-state index >= 15 is 0 Å². The highest BCUT2D eigenvalue weighted by molar-refractivity contribution is 7.89. The molecule has 2 rings (SSSR count). The quantitative estimate of drug-likeness (QED) is 0.564. The molecule has 0 heterocycles. The number of nitrogens with zero attached hydrogens (tertiary/aromatic N) is 1. The predicted molar refractivity (Wildman–Crippen MR) is 104 cm³/mol. The second kappa shape index (κ2) is 10.1. The molecule has 0 bridgehead atoms. The van der Waals surface area contributed by atoms with Crippen molar-refractivity contribution in [2.45, 2.75) is 56.9 Å². The van der Waals surface area contributed by atoms with Crippen LogP contribution in [0.15, 0.2) is 65.6 Å². The van der Waals surface area contributed by atoms with E-state index in [1.54, 1.807) is 18.2 Å². The summed E-state index contributed by atoms with van der Waals surface area (Å²) in [6.07, 6.45) is 5.27. The Balaban J connectivity index is 2.17. The summed E-state index contributed by atoms with van der Waals surface area (Å²) in [7, 11) is -3.86. The summed E-state index contributed by atoms with van der Waals surface area (Å²) in [6, 6.07) is 17.4. The Morgan fingerprint density at radius 3 is 2.04 bits per heavy atom. The van der Waals surface area contributed by atoms with Crippen LogP contribution in [-0.4, -0.2) is 18.6 Å². The van der Waals surface area contributed by atoms with Gasteiger partial charge in [0.25, 0.3) is 10.0 Å². The first-order chi connectivity index (χ1) is 12.6. The van der Waals surface area contributed by atoms with Crippen LogP contribution in [0.25, 0.3) is 0 Å². The fourth-order valence-corrected chi connectivity index (χ4v) is 4.21. The van der Waals surface area contributed by atoms with Gasteiger partial charge in [0.15, 0.2) is 0 Å². The highest BCUT2D eigenvalue weighted by Gasteiger charge is 2.28. The van der Waals surface area contributed by atoms with E-state index in [4.69, 9.17) is 0 Å². The second-order valence-electron chi connectivity index (χ2n) is 6.37. The third-order valence-electron chi connectivity index (χ3n) is 4.27. The zero-order chi connectivity index (χ0) is 18.8. The van der Waals surface area contributed by atoms with Crippen LogP contribution in [0.5, 0.6) is 0 Å². The zero-order valence-corrected chi connectivity index (χ0v) is 16.1. The molecule has 26 heavy (non-hydrogen) atoms. The number of amides is 1. The number of benzene rings is 2. The van der Waals surface area contributed by atoms with Gasteiger partial charge in [-0.1, -0.05) is 81.1 Å². The van der Waals surface area contributed by atoms with Crippen molar-refractivity contribution in [3.63, 3.8) is 0 Å². The molecule has 0 aliphatic rings. The van der Waals surface area contributed by atoms with Gasteiger partial charge in [-0.2, -0.15) is 0 Å². The minimum atomic E-state index is -3.86. The van der Waals surface area contributed by atoms with Crippen LogP contribution in [-0.2, 0) is 21.4 Å². The van der Waals surface area contributed by atoms with Crippen LogP contribution in [0, 0.1) is 0 Å². The molecule has 4 nitrogen and oxygen atoms in total. The lowest BCUT2D eigenvalue weighted by Gasteiger charge is -2.23. The number of rotatable bonds is 10. The lowest BCUT2D eigenvalue weighted by atomic mass is 10.1. The van der Waals surface area contributed by atoms with Crippen molar-refractivity contribution in [3.8, 4) is 0 Å². The summed E-state index contributed by atoms with van der Waals surface area (Å²) in [5.74, 6) is -0.339. The van der Waals surface area contributed by atoms with Crippen molar-refractivity contribution >= 4 is 15.9 Å². The number of carbonyl (C=O) groups excluding carboxylic acids is 1. The molecule has 0 spiro atoms. The molecule has 0 saturated carbocycles. The van der Waals surface area contributed by atoms with E-state index in [9.17, 15) is 13.2 Å². The maximum absolute atomic E-state index is 13.0. The van der Waals surface area contributed by atoms with Gasteiger partial charge in [0, 0.05) is 6.42 Å². The van der Waals surface area contributed by atoms with E-state index in [0.717, 1.165) is 35.6 Å². The van der Waals surface area contributed by atoms with Crippen LogP contribution in [0.3, 0.4) is 0 Å². The average molecular weight is 374 g/mol. The Kier molecular flexibility index (Phi) is 7.85. The average Bonchev–Trinajstić information content (AvgIpc) is 2.67. The van der Waals surface area contributed by atoms with Gasteiger partial charge in [-0.25, -0.2) is 12.7 Å². The van der Waals surface area contributed by atoms with Gasteiger partial charge >= 0.3 is 0 Å². The maximum Gasteiger partial charge on any atom is 0.266 e. The van der Waals surface area contributed by atoms with Crippen molar-refractivity contribution in [2.75, 3.05) is 0 Å². The lowest BCUT2D eigenvalue weighted by molar-refractivity contribution is -0.127. The minimum Gasteiger partial charge on any atom is -0.274 e. The van der Waals surface area contributed by atoms with Gasteiger partial charge in [0.1, 0.15) is 0 Å². The van der Waals surface area contributed by atoms with Crippen molar-refractivity contribution in [2.24, 2.45) is 0 Å². The van der Waals surface area contributed by atoms with Crippen molar-refractivity contribution in [1.82, 2.24) is 4.31 Å². The molecular weight excluding hydrogens is 346 g/mol. The molecule has 0 aromatic heterocycles. The standard InChI is InChI=1S/C21H27NO3S/c1-2-3-4-5-12-17-21(23)22(18-19-13-8-6-9-14-19)26(24,25)20-15-10-7-11-16-20/h6-11,13-16H,2-5,12,17-18H2,1H3. The lowest BCUT2D eigenvalue weighted by Crippen LogP contribution is -2.36. The van der Waals surface area contributed by atoms with Gasteiger partial charge in [-0.05, 0) is 24.1 Å². The Bertz CT molecular complexity index is 773. The van der Waals surface area contributed by atoms with E-state index in [2.05, 4.69) is 6.92 Å². The fourth-order valence-electron chi connectivity index (χ4n) is 2.78. The summed E-state index contributed by atoms with van der Waals surface area (Å²) in [4.78, 5) is 12.9. The van der Waals surface area contributed by atoms with Gasteiger partial charge in [0.2, 0.25) is 5.91 Å². The van der Waals surface area contributed by atoms with E-state index in [0.29, 0.717) is 6.42 Å². The molecule has 1 amide bonds. The van der Waals surface area contributed by atoms with Crippen LogP contribution in [0.4, 0.5) is 0 Å². The van der Waals surface area contributed by atoms with Crippen molar-refractivity contribution in [1.29, 1.82) is 0 Å². The Hall–Kier alpha value is -2.14. The first kappa shape index (κ1) is 20.2. The number of hydrogen-bond acceptors (Lipinski definition) is 3. The summed E-state index contributed by atoms with van der Waals surface area (Å²) in [5.41, 5.74) is 0.798. The zero-order valence-electron chi connectivity index (χ0n) is 15.3. The topological polar surface area (TPSA) is 54.5 Å². The maximum atomic E-state index is 13.0. The number of hydrogen-bond donors (Lipinski definition) is 0. The summed E-state index contributed by atoms with van der Waals surface area (Å²) in [5, 5.41) is 0. The molecule has 2 aromatic rings. The monoisotopic (exact) mass is 373 g/mol. The predicted octanol–water partition coefficient (Wildman–Crippen LogP) is 4.76. The Labute approximate surface area is 156 Å². The summed E-state index contributed by atoms with van der Waals surface area (Å²) in [6.45, 7) is 2.20. The second-order valence-corrected chi connectivity index (χ2v) is 8.23. The molecule has 0 aliphatic carbocycles. The van der Waals surface area contributed by atoms with Gasteiger partial charge in [-0.3, -0.25) is 4.79 Å². The molecule has 2 aromatic carbocycles. The summed E-state index contributed by atoms with van der Waals surface area (Å²) >= 11 is 0. The molecule has 0 unspecified atom stereocenters. The molecule has 0 radical (unpaired) electrons. The molecular formula is C21H27NO3S. The van der Waals surface area contributed by atoms with E-state index in [1.165, 1.54) is 12.1 Å². The van der Waals surface area contributed by atoms with Gasteiger partial charge in [-0.15, -0.1) is 0 Å². The van der Waals surface area contributed by atoms with Crippen LogP contribution in [0.2, 0.25) is 0 Å². The largest absolute Gasteiger partial charge is 0.274 e. The number of unbranched alkanes of at least 4 members (excludes halogenated alkanes) is 4. The Morgan fingerprint density at radius 2 is 1.42 bits per heavy atom. The highest BCUT2D eigenvalue weighted by Crippen LogP contribution is 2.20. The minimum absolute atomic E-state index is 0.0614. The first-order valence-electron chi connectivity index (χ1n) is 9.20. The molecule has 0 saturated heterocycles. The van der Waals surface area contributed by atoms with E-state index in [-0.39, 0.29) is 23.8 Å². The third-order valence-corrected chi connectivity index (χ3v) is 6.05. The first-order valence-corrected chi connectivity index (χ1v) is 10.6. The molecule has 140 valence electrons. The molecule has 0 fully saturated rings. The smallest absolute Gasteiger partial charge is 0.266 e. The van der Waals surface area contributed by atoms with Crippen LogP contribution in [0.1, 0.15) is 51.0 Å². The van der Waals surface area contributed by atoms with Gasteiger partial charge in [0.05, 0.1) is 11.4 Å². The van der Waals surface area contributed by atoms with Crippen LogP contribution < -0.4 is 0 Å². The van der Waals surface area contributed by atoms with E-state index < -0.39 is 10.0 Å². The molecule has 0 N–H and O–H groups in total. The number of sulfonamides is 1. The van der Waals surface area contributed by atoms with Crippen LogP contribution >= 0.6 is 0 Å². The molecule has 0 aliphatic heterocycles.